The molecule has 1 aromatic rings. The van der Waals surface area contributed by atoms with Gasteiger partial charge in [-0.05, 0) is 39.3 Å². The molecule has 0 radical (unpaired) electrons. The van der Waals surface area contributed by atoms with Crippen molar-refractivity contribution in [1.82, 2.24) is 15.1 Å². The molecule has 16 heavy (non-hydrogen) atoms. The van der Waals surface area contributed by atoms with E-state index in [1.54, 1.807) is 0 Å². The number of nitrogens with zero attached hydrogens (tertiary/aromatic N) is 2. The van der Waals surface area contributed by atoms with E-state index in [1.807, 2.05) is 10.9 Å². The third kappa shape index (κ3) is 4.54. The third-order valence-electron chi connectivity index (χ3n) is 2.58. The first-order valence-electron chi connectivity index (χ1n) is 6.02. The van der Waals surface area contributed by atoms with Crippen LogP contribution in [0, 0.1) is 0 Å². The lowest BCUT2D eigenvalue weighted by molar-refractivity contribution is 0.520. The van der Waals surface area contributed by atoms with Gasteiger partial charge in [0, 0.05) is 24.2 Å². The molecule has 1 heterocycles. The highest BCUT2D eigenvalue weighted by atomic mass is 35.5. The average molecular weight is 244 g/mol. The molecule has 1 unspecified atom stereocenters. The Bertz CT molecular complexity index is 296. The standard InChI is InChI=1S/C12H22ClN3/c1-4-11(13)5-7-14-9-12-6-8-16(15-12)10(2)3/h6,8,10-11,14H,4-5,7,9H2,1-3H3. The molecule has 0 aromatic carbocycles. The molecular weight excluding hydrogens is 222 g/mol. The fraction of sp³-hybridized carbons (Fsp3) is 0.750. The molecule has 0 amide bonds. The number of aromatic nitrogens is 2. The highest BCUT2D eigenvalue weighted by molar-refractivity contribution is 6.20. The lowest BCUT2D eigenvalue weighted by Crippen LogP contribution is -2.18. The van der Waals surface area contributed by atoms with Crippen molar-refractivity contribution in [1.29, 1.82) is 0 Å². The minimum Gasteiger partial charge on any atom is -0.311 e. The number of hydrogen-bond acceptors (Lipinski definition) is 2. The van der Waals surface area contributed by atoms with Gasteiger partial charge in [0.2, 0.25) is 0 Å². The zero-order valence-electron chi connectivity index (χ0n) is 10.4. The van der Waals surface area contributed by atoms with Gasteiger partial charge < -0.3 is 5.32 Å². The first kappa shape index (κ1) is 13.5. The summed E-state index contributed by atoms with van der Waals surface area (Å²) in [5, 5.41) is 8.12. The molecule has 3 nitrogen and oxygen atoms in total. The second-order valence-electron chi connectivity index (χ2n) is 4.35. The summed E-state index contributed by atoms with van der Waals surface area (Å²) >= 11 is 6.03. The molecule has 1 aromatic heterocycles. The number of hydrogen-bond donors (Lipinski definition) is 1. The predicted molar refractivity (Wildman–Crippen MR) is 68.9 cm³/mol. The Labute approximate surface area is 103 Å². The first-order valence-corrected chi connectivity index (χ1v) is 6.46. The summed E-state index contributed by atoms with van der Waals surface area (Å²) in [6, 6.07) is 2.49. The highest BCUT2D eigenvalue weighted by Crippen LogP contribution is 2.06. The molecule has 0 bridgehead atoms. The lowest BCUT2D eigenvalue weighted by atomic mass is 10.2. The molecule has 0 fully saturated rings. The van der Waals surface area contributed by atoms with Crippen molar-refractivity contribution in [2.24, 2.45) is 0 Å². The molecular formula is C12H22ClN3. The van der Waals surface area contributed by atoms with Crippen molar-refractivity contribution in [3.8, 4) is 0 Å². The van der Waals surface area contributed by atoms with Crippen molar-refractivity contribution in [3.63, 3.8) is 0 Å². The average Bonchev–Trinajstić information content (AvgIpc) is 2.72. The second kappa shape index (κ2) is 6.92. The zero-order chi connectivity index (χ0) is 12.0. The summed E-state index contributed by atoms with van der Waals surface area (Å²) in [6.45, 7) is 8.15. The Morgan fingerprint density at radius 1 is 1.50 bits per heavy atom. The fourth-order valence-electron chi connectivity index (χ4n) is 1.44. The van der Waals surface area contributed by atoms with E-state index in [9.17, 15) is 0 Å². The van der Waals surface area contributed by atoms with E-state index in [0.29, 0.717) is 11.4 Å². The highest BCUT2D eigenvalue weighted by Gasteiger charge is 2.03. The minimum absolute atomic E-state index is 0.292. The summed E-state index contributed by atoms with van der Waals surface area (Å²) in [5.41, 5.74) is 1.09. The molecule has 4 heteroatoms. The Hall–Kier alpha value is -0.540. The van der Waals surface area contributed by atoms with Crippen molar-refractivity contribution in [2.45, 2.75) is 51.6 Å². The summed E-state index contributed by atoms with van der Waals surface area (Å²) in [6.07, 6.45) is 4.08. The van der Waals surface area contributed by atoms with Gasteiger partial charge in [0.25, 0.3) is 0 Å². The molecule has 92 valence electrons. The Morgan fingerprint density at radius 2 is 2.25 bits per heavy atom. The smallest absolute Gasteiger partial charge is 0.0762 e. The van der Waals surface area contributed by atoms with E-state index in [1.165, 1.54) is 0 Å². The maximum Gasteiger partial charge on any atom is 0.0762 e. The minimum atomic E-state index is 0.292. The van der Waals surface area contributed by atoms with Gasteiger partial charge in [-0.3, -0.25) is 4.68 Å². The van der Waals surface area contributed by atoms with Gasteiger partial charge >= 0.3 is 0 Å². The van der Waals surface area contributed by atoms with Crippen molar-refractivity contribution < 1.29 is 0 Å². The first-order chi connectivity index (χ1) is 7.63. The van der Waals surface area contributed by atoms with Gasteiger partial charge in [-0.25, -0.2) is 0 Å². The van der Waals surface area contributed by atoms with Gasteiger partial charge in [0.1, 0.15) is 0 Å². The molecule has 0 aliphatic heterocycles. The molecule has 1 atom stereocenters. The van der Waals surface area contributed by atoms with Crippen LogP contribution in [0.25, 0.3) is 0 Å². The maximum atomic E-state index is 6.03. The Morgan fingerprint density at radius 3 is 2.81 bits per heavy atom. The molecule has 0 aliphatic rings. The van der Waals surface area contributed by atoms with Crippen LogP contribution in [0.15, 0.2) is 12.3 Å². The van der Waals surface area contributed by atoms with Crippen LogP contribution in [0.4, 0.5) is 0 Å². The van der Waals surface area contributed by atoms with Gasteiger partial charge in [0.05, 0.1) is 5.69 Å². The van der Waals surface area contributed by atoms with Crippen molar-refractivity contribution >= 4 is 11.6 Å². The zero-order valence-corrected chi connectivity index (χ0v) is 11.2. The summed E-state index contributed by atoms with van der Waals surface area (Å²) in [4.78, 5) is 0. The van der Waals surface area contributed by atoms with Gasteiger partial charge in [-0.2, -0.15) is 5.10 Å². The van der Waals surface area contributed by atoms with Crippen LogP contribution in [-0.4, -0.2) is 21.7 Å². The van der Waals surface area contributed by atoms with Crippen LogP contribution < -0.4 is 5.32 Å². The number of halogens is 1. The Kier molecular flexibility index (Phi) is 5.85. The molecule has 0 saturated carbocycles. The molecule has 0 aliphatic carbocycles. The van der Waals surface area contributed by atoms with E-state index in [0.717, 1.165) is 31.6 Å². The van der Waals surface area contributed by atoms with E-state index in [2.05, 4.69) is 37.3 Å². The number of nitrogens with one attached hydrogen (secondary N) is 1. The normalized spacial score (nSPS) is 13.3. The van der Waals surface area contributed by atoms with E-state index >= 15 is 0 Å². The lowest BCUT2D eigenvalue weighted by Gasteiger charge is -2.07. The second-order valence-corrected chi connectivity index (χ2v) is 4.97. The van der Waals surface area contributed by atoms with Crippen molar-refractivity contribution in [2.75, 3.05) is 6.54 Å². The topological polar surface area (TPSA) is 29.9 Å². The number of alkyl halides is 1. The Balaban J connectivity index is 2.21. The van der Waals surface area contributed by atoms with Crippen LogP contribution >= 0.6 is 11.6 Å². The van der Waals surface area contributed by atoms with Crippen LogP contribution in [0.2, 0.25) is 0 Å². The summed E-state index contributed by atoms with van der Waals surface area (Å²) in [7, 11) is 0. The fourth-order valence-corrected chi connectivity index (χ4v) is 1.55. The summed E-state index contributed by atoms with van der Waals surface area (Å²) < 4.78 is 1.98. The van der Waals surface area contributed by atoms with Crippen molar-refractivity contribution in [3.05, 3.63) is 18.0 Å². The molecule has 1 rings (SSSR count). The van der Waals surface area contributed by atoms with Gasteiger partial charge in [-0.1, -0.05) is 6.92 Å². The largest absolute Gasteiger partial charge is 0.311 e. The van der Waals surface area contributed by atoms with E-state index in [-0.39, 0.29) is 0 Å². The van der Waals surface area contributed by atoms with E-state index < -0.39 is 0 Å². The summed E-state index contributed by atoms with van der Waals surface area (Å²) in [5.74, 6) is 0. The quantitative estimate of drug-likeness (QED) is 0.590. The monoisotopic (exact) mass is 243 g/mol. The van der Waals surface area contributed by atoms with E-state index in [4.69, 9.17) is 11.6 Å². The number of rotatable bonds is 7. The predicted octanol–water partition coefficient (Wildman–Crippen LogP) is 2.96. The maximum absolute atomic E-state index is 6.03. The molecule has 0 saturated heterocycles. The SMILES string of the molecule is CCC(Cl)CCNCc1ccn(C(C)C)n1. The molecule has 1 N–H and O–H groups in total. The van der Waals surface area contributed by atoms with Crippen LogP contribution in [0.1, 0.15) is 45.3 Å². The van der Waals surface area contributed by atoms with Crippen LogP contribution in [-0.2, 0) is 6.54 Å². The van der Waals surface area contributed by atoms with Gasteiger partial charge in [0.15, 0.2) is 0 Å². The molecule has 0 spiro atoms. The third-order valence-corrected chi connectivity index (χ3v) is 3.10. The van der Waals surface area contributed by atoms with Crippen LogP contribution in [0.5, 0.6) is 0 Å². The van der Waals surface area contributed by atoms with Gasteiger partial charge in [-0.15, -0.1) is 11.6 Å². The van der Waals surface area contributed by atoms with Crippen LogP contribution in [0.3, 0.4) is 0 Å².